The Labute approximate surface area is 46.6 Å². The Morgan fingerprint density at radius 1 is 1.75 bits per heavy atom. The first-order chi connectivity index (χ1) is 3.80. The third-order valence-corrected chi connectivity index (χ3v) is 0.882. The fraction of sp³-hybridized carbons (Fsp3) is 0.200. The van der Waals surface area contributed by atoms with Crippen LogP contribution in [-0.2, 0) is 7.05 Å². The van der Waals surface area contributed by atoms with Gasteiger partial charge < -0.3 is 4.57 Å². The second-order valence-corrected chi connectivity index (χ2v) is 1.51. The van der Waals surface area contributed by atoms with Gasteiger partial charge in [0.15, 0.2) is 0 Å². The van der Waals surface area contributed by atoms with Gasteiger partial charge in [-0.05, 0) is 6.07 Å². The summed E-state index contributed by atoms with van der Waals surface area (Å²) in [5, 5.41) is 0. The summed E-state index contributed by atoms with van der Waals surface area (Å²) in [6, 6.07) is 1.71. The molecule has 0 bridgehead atoms. The molecule has 0 amide bonds. The first kappa shape index (κ1) is 5.03. The second-order valence-electron chi connectivity index (χ2n) is 1.51. The lowest BCUT2D eigenvalue weighted by molar-refractivity contribution is 0.810. The topological polar surface area (TPSA) is 34.9 Å². The first-order valence-corrected chi connectivity index (χ1v) is 2.28. The summed E-state index contributed by atoms with van der Waals surface area (Å²) < 4.78 is 1.42. The van der Waals surface area contributed by atoms with Gasteiger partial charge in [-0.25, -0.2) is 9.78 Å². The molecule has 0 fully saturated rings. The van der Waals surface area contributed by atoms with Crippen LogP contribution in [0.3, 0.4) is 0 Å². The van der Waals surface area contributed by atoms with Crippen LogP contribution in [0.5, 0.6) is 0 Å². The molecular weight excluding hydrogens is 104 g/mol. The van der Waals surface area contributed by atoms with Crippen molar-refractivity contribution < 1.29 is 0 Å². The zero-order chi connectivity index (χ0) is 5.98. The van der Waals surface area contributed by atoms with Crippen LogP contribution in [0.4, 0.5) is 0 Å². The molecule has 3 heteroatoms. The van der Waals surface area contributed by atoms with Crippen LogP contribution < -0.4 is 5.69 Å². The fourth-order valence-electron chi connectivity index (χ4n) is 0.429. The van der Waals surface area contributed by atoms with Crippen LogP contribution in [0.25, 0.3) is 0 Å². The molecule has 0 aliphatic carbocycles. The maximum atomic E-state index is 10.5. The van der Waals surface area contributed by atoms with Crippen molar-refractivity contribution in [3.63, 3.8) is 0 Å². The van der Waals surface area contributed by atoms with Crippen LogP contribution >= 0.6 is 0 Å². The first-order valence-electron chi connectivity index (χ1n) is 2.28. The molecule has 8 heavy (non-hydrogen) atoms. The van der Waals surface area contributed by atoms with Gasteiger partial charge in [-0.15, -0.1) is 0 Å². The van der Waals surface area contributed by atoms with Crippen LogP contribution in [-0.4, -0.2) is 9.55 Å². The average molecular weight is 110 g/mol. The molecule has 0 radical (unpaired) electrons. The van der Waals surface area contributed by atoms with E-state index in [4.69, 9.17) is 0 Å². The summed E-state index contributed by atoms with van der Waals surface area (Å²) in [5.74, 6) is 0. The van der Waals surface area contributed by atoms with Gasteiger partial charge in [0.1, 0.15) is 0 Å². The number of aryl methyl sites for hydroxylation is 1. The number of rotatable bonds is 0. The van der Waals surface area contributed by atoms with E-state index < -0.39 is 0 Å². The van der Waals surface area contributed by atoms with Gasteiger partial charge in [-0.2, -0.15) is 0 Å². The summed E-state index contributed by atoms with van der Waals surface area (Å²) in [4.78, 5) is 14.0. The molecule has 1 rings (SSSR count). The molecule has 0 saturated heterocycles. The fourth-order valence-corrected chi connectivity index (χ4v) is 0.429. The zero-order valence-corrected chi connectivity index (χ0v) is 4.53. The number of hydrogen-bond acceptors (Lipinski definition) is 2. The van der Waals surface area contributed by atoms with Crippen molar-refractivity contribution in [2.75, 3.05) is 0 Å². The molecule has 1 aromatic rings. The Balaban J connectivity index is 3.35. The second kappa shape index (κ2) is 1.78. The smallest absolute Gasteiger partial charge is 0.302 e. The van der Waals surface area contributed by atoms with E-state index in [1.54, 1.807) is 19.3 Å². The standard InChI is InChI=1S/C5H6N2O/c1-7-4-2-3-6-5(7)8/h2-4H,1H3. The van der Waals surface area contributed by atoms with Crippen molar-refractivity contribution >= 4 is 0 Å². The lowest BCUT2D eigenvalue weighted by atomic mass is 10.7. The van der Waals surface area contributed by atoms with Crippen molar-refractivity contribution in [1.82, 2.24) is 9.55 Å². The molecule has 1 aromatic heterocycles. The molecule has 0 aliphatic heterocycles. The molecule has 3 nitrogen and oxygen atoms in total. The summed E-state index contributed by atoms with van der Waals surface area (Å²) >= 11 is 0. The molecule has 0 spiro atoms. The molecular formula is C5H6N2O. The SMILES string of the molecule is Cn1cccnc1=O. The monoisotopic (exact) mass is 110 g/mol. The molecule has 1 heterocycles. The van der Waals surface area contributed by atoms with Crippen molar-refractivity contribution in [3.05, 3.63) is 28.9 Å². The number of nitrogens with zero attached hydrogens (tertiary/aromatic N) is 2. The summed E-state index contributed by atoms with van der Waals surface area (Å²) in [7, 11) is 1.66. The van der Waals surface area contributed by atoms with Crippen LogP contribution in [0.1, 0.15) is 0 Å². The normalized spacial score (nSPS) is 9.12. The van der Waals surface area contributed by atoms with E-state index >= 15 is 0 Å². The highest BCUT2D eigenvalue weighted by Crippen LogP contribution is 1.68. The lowest BCUT2D eigenvalue weighted by Crippen LogP contribution is -2.17. The minimum atomic E-state index is -0.215. The minimum Gasteiger partial charge on any atom is -0.302 e. The van der Waals surface area contributed by atoms with E-state index in [9.17, 15) is 4.79 Å². The molecule has 42 valence electrons. The van der Waals surface area contributed by atoms with Crippen LogP contribution in [0, 0.1) is 0 Å². The Hall–Kier alpha value is -1.12. The van der Waals surface area contributed by atoms with Gasteiger partial charge in [-0.3, -0.25) is 0 Å². The predicted molar refractivity (Wildman–Crippen MR) is 29.5 cm³/mol. The highest BCUT2D eigenvalue weighted by atomic mass is 16.1. The van der Waals surface area contributed by atoms with E-state index in [0.29, 0.717) is 0 Å². The molecule has 0 aromatic carbocycles. The van der Waals surface area contributed by atoms with Crippen molar-refractivity contribution in [1.29, 1.82) is 0 Å². The number of aromatic nitrogens is 2. The Bertz CT molecular complexity index is 228. The number of hydrogen-bond donors (Lipinski definition) is 0. The average Bonchev–Trinajstić information content (AvgIpc) is 1.77. The van der Waals surface area contributed by atoms with Gasteiger partial charge in [0.2, 0.25) is 0 Å². The van der Waals surface area contributed by atoms with Gasteiger partial charge >= 0.3 is 5.69 Å². The van der Waals surface area contributed by atoms with Crippen molar-refractivity contribution in [2.24, 2.45) is 7.05 Å². The van der Waals surface area contributed by atoms with Gasteiger partial charge in [-0.1, -0.05) is 0 Å². The molecule has 0 saturated carbocycles. The van der Waals surface area contributed by atoms with E-state index in [1.807, 2.05) is 0 Å². The molecule has 0 N–H and O–H groups in total. The van der Waals surface area contributed by atoms with Gasteiger partial charge in [0.25, 0.3) is 0 Å². The van der Waals surface area contributed by atoms with E-state index in [-0.39, 0.29) is 5.69 Å². The summed E-state index contributed by atoms with van der Waals surface area (Å²) in [6.45, 7) is 0. The summed E-state index contributed by atoms with van der Waals surface area (Å²) in [5.41, 5.74) is -0.215. The van der Waals surface area contributed by atoms with Crippen LogP contribution in [0.2, 0.25) is 0 Å². The molecule has 0 atom stereocenters. The van der Waals surface area contributed by atoms with Gasteiger partial charge in [0.05, 0.1) is 0 Å². The van der Waals surface area contributed by atoms with E-state index in [0.717, 1.165) is 0 Å². The van der Waals surface area contributed by atoms with E-state index in [2.05, 4.69) is 4.98 Å². The zero-order valence-electron chi connectivity index (χ0n) is 4.53. The maximum Gasteiger partial charge on any atom is 0.347 e. The predicted octanol–water partition coefficient (Wildman–Crippen LogP) is -0.220. The highest BCUT2D eigenvalue weighted by molar-refractivity contribution is 4.78. The highest BCUT2D eigenvalue weighted by Gasteiger charge is 1.81. The minimum absolute atomic E-state index is 0.215. The van der Waals surface area contributed by atoms with Crippen molar-refractivity contribution in [2.45, 2.75) is 0 Å². The molecule has 0 unspecified atom stereocenters. The lowest BCUT2D eigenvalue weighted by Gasteiger charge is -1.88. The maximum absolute atomic E-state index is 10.5. The van der Waals surface area contributed by atoms with Gasteiger partial charge in [0, 0.05) is 19.4 Å². The Morgan fingerprint density at radius 3 is 2.88 bits per heavy atom. The quantitative estimate of drug-likeness (QED) is 0.462. The Kier molecular flexibility index (Phi) is 1.12. The third kappa shape index (κ3) is 0.753. The third-order valence-electron chi connectivity index (χ3n) is 0.882. The molecule has 0 aliphatic rings. The van der Waals surface area contributed by atoms with Crippen LogP contribution in [0.15, 0.2) is 23.3 Å². The largest absolute Gasteiger partial charge is 0.347 e. The Morgan fingerprint density at radius 2 is 2.50 bits per heavy atom. The summed E-state index contributed by atoms with van der Waals surface area (Å²) in [6.07, 6.45) is 3.14. The van der Waals surface area contributed by atoms with Crippen molar-refractivity contribution in [3.8, 4) is 0 Å². The van der Waals surface area contributed by atoms with E-state index in [1.165, 1.54) is 10.8 Å².